The summed E-state index contributed by atoms with van der Waals surface area (Å²) >= 11 is 11.8. The van der Waals surface area contributed by atoms with Gasteiger partial charge in [0.1, 0.15) is 11.5 Å². The molecular formula is C24H18Cl2N2O5S2. The molecule has 0 aliphatic heterocycles. The lowest BCUT2D eigenvalue weighted by Crippen LogP contribution is -2.14. The number of hydrogen-bond acceptors (Lipinski definition) is 5. The van der Waals surface area contributed by atoms with E-state index in [0.29, 0.717) is 11.5 Å². The molecule has 0 heterocycles. The van der Waals surface area contributed by atoms with Crippen LogP contribution in [-0.2, 0) is 20.0 Å². The van der Waals surface area contributed by atoms with Crippen LogP contribution in [0.2, 0.25) is 10.0 Å². The molecule has 2 N–H and O–H groups in total. The lowest BCUT2D eigenvalue weighted by atomic mass is 10.3. The van der Waals surface area contributed by atoms with Crippen LogP contribution in [0.5, 0.6) is 11.5 Å². The molecule has 0 saturated heterocycles. The first-order valence-corrected chi connectivity index (χ1v) is 13.8. The molecule has 0 unspecified atom stereocenters. The number of nitrogens with one attached hydrogen (secondary N) is 2. The Morgan fingerprint density at radius 1 is 0.543 bits per heavy atom. The maximum Gasteiger partial charge on any atom is 0.261 e. The fourth-order valence-electron chi connectivity index (χ4n) is 3.05. The Balaban J connectivity index is 1.45. The van der Waals surface area contributed by atoms with Crippen molar-refractivity contribution in [3.63, 3.8) is 0 Å². The normalized spacial score (nSPS) is 11.6. The molecule has 0 bridgehead atoms. The Morgan fingerprint density at radius 3 is 1.54 bits per heavy atom. The largest absolute Gasteiger partial charge is 0.457 e. The van der Waals surface area contributed by atoms with Crippen molar-refractivity contribution in [2.75, 3.05) is 9.44 Å². The number of halogens is 2. The third-order valence-electron chi connectivity index (χ3n) is 4.64. The molecule has 35 heavy (non-hydrogen) atoms. The van der Waals surface area contributed by atoms with E-state index in [1.165, 1.54) is 54.6 Å². The number of ether oxygens (including phenoxy) is 1. The summed E-state index contributed by atoms with van der Waals surface area (Å²) in [4.78, 5) is -0.0481. The van der Waals surface area contributed by atoms with E-state index in [9.17, 15) is 16.8 Å². The molecule has 180 valence electrons. The average molecular weight is 549 g/mol. The van der Waals surface area contributed by atoms with Gasteiger partial charge in [-0.1, -0.05) is 41.4 Å². The minimum Gasteiger partial charge on any atom is -0.457 e. The zero-order valence-electron chi connectivity index (χ0n) is 17.9. The standard InChI is InChI=1S/C24H18Cl2N2O5S2/c25-17-14-18(26)16-20(15-17)28-35(31,32)23-10-6-19(7-11-23)27-34(29,30)24-12-8-22(9-13-24)33-21-4-2-1-3-5-21/h1-16,27-28H. The molecule has 0 saturated carbocycles. The van der Waals surface area contributed by atoms with Gasteiger partial charge in [-0.3, -0.25) is 9.44 Å². The lowest BCUT2D eigenvalue weighted by molar-refractivity contribution is 0.482. The van der Waals surface area contributed by atoms with Crippen molar-refractivity contribution in [1.82, 2.24) is 0 Å². The smallest absolute Gasteiger partial charge is 0.261 e. The summed E-state index contributed by atoms with van der Waals surface area (Å²) in [6.45, 7) is 0. The van der Waals surface area contributed by atoms with Crippen LogP contribution in [0.3, 0.4) is 0 Å². The van der Waals surface area contributed by atoms with E-state index in [0.717, 1.165) is 0 Å². The van der Waals surface area contributed by atoms with E-state index in [4.69, 9.17) is 27.9 Å². The van der Waals surface area contributed by atoms with E-state index in [-0.39, 0.29) is 31.2 Å². The van der Waals surface area contributed by atoms with Crippen molar-refractivity contribution in [2.45, 2.75) is 9.79 Å². The second kappa shape index (κ2) is 10.2. The Morgan fingerprint density at radius 2 is 1.00 bits per heavy atom. The Hall–Kier alpha value is -3.24. The van der Waals surface area contributed by atoms with Crippen LogP contribution in [0.4, 0.5) is 11.4 Å². The summed E-state index contributed by atoms with van der Waals surface area (Å²) in [5, 5.41) is 0.555. The first kappa shape index (κ1) is 24.9. The minimum absolute atomic E-state index is 0.0223. The second-order valence-electron chi connectivity index (χ2n) is 7.28. The van der Waals surface area contributed by atoms with Crippen LogP contribution in [0, 0.1) is 0 Å². The zero-order chi connectivity index (χ0) is 25.1. The van der Waals surface area contributed by atoms with Crippen LogP contribution < -0.4 is 14.2 Å². The molecule has 0 spiro atoms. The predicted molar refractivity (Wildman–Crippen MR) is 137 cm³/mol. The van der Waals surface area contributed by atoms with Gasteiger partial charge >= 0.3 is 0 Å². The molecule has 0 fully saturated rings. The molecule has 11 heteroatoms. The summed E-state index contributed by atoms with van der Waals surface area (Å²) in [7, 11) is -7.86. The van der Waals surface area contributed by atoms with Crippen molar-refractivity contribution in [1.29, 1.82) is 0 Å². The van der Waals surface area contributed by atoms with E-state index < -0.39 is 20.0 Å². The molecule has 0 amide bonds. The number of hydrogen-bond donors (Lipinski definition) is 2. The molecule has 0 aromatic heterocycles. The molecule has 0 aliphatic carbocycles. The van der Waals surface area contributed by atoms with Crippen LogP contribution in [0.15, 0.2) is 107 Å². The third kappa shape index (κ3) is 6.46. The molecule has 4 aromatic rings. The second-order valence-corrected chi connectivity index (χ2v) is 11.5. The highest BCUT2D eigenvalue weighted by atomic mass is 35.5. The summed E-state index contributed by atoms with van der Waals surface area (Å²) in [5.74, 6) is 1.11. The van der Waals surface area contributed by atoms with Crippen molar-refractivity contribution >= 4 is 54.6 Å². The van der Waals surface area contributed by atoms with E-state index in [1.807, 2.05) is 18.2 Å². The topological polar surface area (TPSA) is 102 Å². The van der Waals surface area contributed by atoms with Crippen molar-refractivity contribution < 1.29 is 21.6 Å². The van der Waals surface area contributed by atoms with E-state index in [2.05, 4.69) is 9.44 Å². The van der Waals surface area contributed by atoms with Crippen molar-refractivity contribution in [3.8, 4) is 11.5 Å². The number of rotatable bonds is 8. The van der Waals surface area contributed by atoms with Gasteiger partial charge in [-0.25, -0.2) is 16.8 Å². The highest BCUT2D eigenvalue weighted by Crippen LogP contribution is 2.26. The van der Waals surface area contributed by atoms with Crippen LogP contribution in [0.1, 0.15) is 0 Å². The molecule has 0 atom stereocenters. The van der Waals surface area contributed by atoms with Gasteiger partial charge in [0.05, 0.1) is 15.5 Å². The van der Waals surface area contributed by atoms with Gasteiger partial charge in [-0.2, -0.15) is 0 Å². The van der Waals surface area contributed by atoms with Gasteiger partial charge in [-0.05, 0) is 78.9 Å². The predicted octanol–water partition coefficient (Wildman–Crippen LogP) is 6.39. The van der Waals surface area contributed by atoms with E-state index in [1.54, 1.807) is 24.3 Å². The fraction of sp³-hybridized carbons (Fsp3) is 0. The quantitative estimate of drug-likeness (QED) is 0.265. The SMILES string of the molecule is O=S(=O)(Nc1ccc(S(=O)(=O)Nc2cc(Cl)cc(Cl)c2)cc1)c1ccc(Oc2ccccc2)cc1. The maximum absolute atomic E-state index is 12.8. The van der Waals surface area contributed by atoms with E-state index >= 15 is 0 Å². The highest BCUT2D eigenvalue weighted by molar-refractivity contribution is 7.93. The van der Waals surface area contributed by atoms with Gasteiger partial charge in [0.2, 0.25) is 0 Å². The Bertz CT molecular complexity index is 1520. The molecule has 4 rings (SSSR count). The Labute approximate surface area is 213 Å². The van der Waals surface area contributed by atoms with Gasteiger partial charge < -0.3 is 4.74 Å². The van der Waals surface area contributed by atoms with Crippen molar-refractivity contribution in [2.24, 2.45) is 0 Å². The van der Waals surface area contributed by atoms with Crippen LogP contribution in [-0.4, -0.2) is 16.8 Å². The van der Waals surface area contributed by atoms with Gasteiger partial charge in [0.15, 0.2) is 0 Å². The fourth-order valence-corrected chi connectivity index (χ4v) is 5.68. The number of anilines is 2. The van der Waals surface area contributed by atoms with Crippen molar-refractivity contribution in [3.05, 3.63) is 107 Å². The first-order valence-electron chi connectivity index (χ1n) is 10.1. The first-order chi connectivity index (χ1) is 16.6. The Kier molecular flexibility index (Phi) is 7.23. The van der Waals surface area contributed by atoms with Crippen LogP contribution in [0.25, 0.3) is 0 Å². The molecule has 0 aliphatic rings. The number of para-hydroxylation sites is 1. The summed E-state index contributed by atoms with van der Waals surface area (Å²) in [5.41, 5.74) is 0.395. The monoisotopic (exact) mass is 548 g/mol. The van der Waals surface area contributed by atoms with Crippen LogP contribution >= 0.6 is 23.2 Å². The number of benzene rings is 4. The molecule has 7 nitrogen and oxygen atoms in total. The van der Waals surface area contributed by atoms with Gasteiger partial charge in [0, 0.05) is 15.7 Å². The molecule has 4 aromatic carbocycles. The average Bonchev–Trinajstić information content (AvgIpc) is 2.79. The van der Waals surface area contributed by atoms with Gasteiger partial charge in [0.25, 0.3) is 20.0 Å². The summed E-state index contributed by atoms with van der Waals surface area (Å²) in [6.07, 6.45) is 0. The summed E-state index contributed by atoms with van der Waals surface area (Å²) in [6, 6.07) is 24.6. The van der Waals surface area contributed by atoms with Gasteiger partial charge in [-0.15, -0.1) is 0 Å². The zero-order valence-corrected chi connectivity index (χ0v) is 21.0. The molecular weight excluding hydrogens is 531 g/mol. The maximum atomic E-state index is 12.8. The minimum atomic E-state index is -3.95. The lowest BCUT2D eigenvalue weighted by Gasteiger charge is -2.11. The third-order valence-corrected chi connectivity index (χ3v) is 7.88. The summed E-state index contributed by atoms with van der Waals surface area (Å²) < 4.78 is 61.3. The highest BCUT2D eigenvalue weighted by Gasteiger charge is 2.17. The molecule has 0 radical (unpaired) electrons. The number of sulfonamides is 2.